The molecule has 3 fully saturated rings. The molecule has 1 aromatic carbocycles. The summed E-state index contributed by atoms with van der Waals surface area (Å²) in [6, 6.07) is 10.0. The molecule has 3 aliphatic rings. The number of piperidine rings is 1. The number of rotatable bonds is 5. The monoisotopic (exact) mass is 370 g/mol. The van der Waals surface area contributed by atoms with Gasteiger partial charge in [-0.2, -0.15) is 0 Å². The minimum atomic E-state index is -0.129. The minimum Gasteiger partial charge on any atom is -0.350 e. The molecular formula is C21H30N4O2. The Hall–Kier alpha value is -1.92. The molecule has 1 spiro atoms. The van der Waals surface area contributed by atoms with E-state index in [4.69, 9.17) is 0 Å². The number of carbonyl (C=O) groups excluding carboxylic acids is 2. The van der Waals surface area contributed by atoms with Gasteiger partial charge in [-0.3, -0.25) is 20.4 Å². The molecule has 4 rings (SSSR count). The summed E-state index contributed by atoms with van der Waals surface area (Å²) in [5.74, 6) is 1.00. The first-order valence-electron chi connectivity index (χ1n) is 10.3. The van der Waals surface area contributed by atoms with E-state index in [1.165, 1.54) is 0 Å². The molecule has 0 radical (unpaired) electrons. The summed E-state index contributed by atoms with van der Waals surface area (Å²) in [6.07, 6.45) is 5.27. The molecule has 1 atom stereocenters. The van der Waals surface area contributed by atoms with E-state index in [1.54, 1.807) is 0 Å². The largest absolute Gasteiger partial charge is 0.350 e. The first-order chi connectivity index (χ1) is 13.2. The Balaban J connectivity index is 1.26. The second-order valence-electron chi connectivity index (χ2n) is 8.34. The average molecular weight is 370 g/mol. The lowest BCUT2D eigenvalue weighted by Crippen LogP contribution is -2.52. The van der Waals surface area contributed by atoms with Crippen molar-refractivity contribution < 1.29 is 9.59 Å². The third kappa shape index (κ3) is 4.17. The Morgan fingerprint density at radius 2 is 1.81 bits per heavy atom. The number of carbonyl (C=O) groups is 2. The van der Waals surface area contributed by atoms with Crippen molar-refractivity contribution in [1.29, 1.82) is 0 Å². The molecule has 6 heteroatoms. The maximum absolute atomic E-state index is 12.5. The lowest BCUT2D eigenvalue weighted by molar-refractivity contribution is -0.133. The van der Waals surface area contributed by atoms with Gasteiger partial charge >= 0.3 is 0 Å². The number of hydrogen-bond acceptors (Lipinski definition) is 4. The van der Waals surface area contributed by atoms with Crippen molar-refractivity contribution in [3.05, 3.63) is 35.9 Å². The van der Waals surface area contributed by atoms with E-state index in [-0.39, 0.29) is 23.3 Å². The van der Waals surface area contributed by atoms with Gasteiger partial charge in [-0.15, -0.1) is 0 Å². The van der Waals surface area contributed by atoms with E-state index < -0.39 is 0 Å². The third-order valence-corrected chi connectivity index (χ3v) is 6.48. The highest BCUT2D eigenvalue weighted by Crippen LogP contribution is 2.39. The van der Waals surface area contributed by atoms with Crippen LogP contribution in [0.3, 0.4) is 0 Å². The van der Waals surface area contributed by atoms with Gasteiger partial charge in [0.25, 0.3) is 0 Å². The van der Waals surface area contributed by atoms with Crippen molar-refractivity contribution in [2.45, 2.75) is 50.0 Å². The van der Waals surface area contributed by atoms with Crippen LogP contribution in [0.5, 0.6) is 0 Å². The molecule has 3 heterocycles. The van der Waals surface area contributed by atoms with Crippen molar-refractivity contribution in [3.63, 3.8) is 0 Å². The SMILES string of the molecule is O=C1NC2(CCN(C(=O)CCCC3CNNC3)CC2)CC1c1ccccc1. The Labute approximate surface area is 161 Å². The van der Waals surface area contributed by atoms with Crippen molar-refractivity contribution in [3.8, 4) is 0 Å². The summed E-state index contributed by atoms with van der Waals surface area (Å²) in [6.45, 7) is 3.52. The molecule has 146 valence electrons. The fourth-order valence-electron chi connectivity index (χ4n) is 4.76. The summed E-state index contributed by atoms with van der Waals surface area (Å²) in [4.78, 5) is 27.1. The molecule has 0 aliphatic carbocycles. The van der Waals surface area contributed by atoms with E-state index in [0.29, 0.717) is 12.3 Å². The molecular weight excluding hydrogens is 340 g/mol. The molecule has 6 nitrogen and oxygen atoms in total. The summed E-state index contributed by atoms with van der Waals surface area (Å²) in [5.41, 5.74) is 7.25. The summed E-state index contributed by atoms with van der Waals surface area (Å²) in [7, 11) is 0. The molecule has 1 aromatic rings. The number of hydrogen-bond donors (Lipinski definition) is 3. The van der Waals surface area contributed by atoms with Gasteiger partial charge < -0.3 is 10.2 Å². The van der Waals surface area contributed by atoms with Crippen LogP contribution in [0.2, 0.25) is 0 Å². The van der Waals surface area contributed by atoms with E-state index in [0.717, 1.165) is 63.8 Å². The smallest absolute Gasteiger partial charge is 0.228 e. The zero-order valence-corrected chi connectivity index (χ0v) is 15.9. The molecule has 3 saturated heterocycles. The van der Waals surface area contributed by atoms with Gasteiger partial charge in [0.2, 0.25) is 11.8 Å². The first kappa shape index (κ1) is 18.4. The average Bonchev–Trinajstić information content (AvgIpc) is 3.31. The molecule has 3 N–H and O–H groups in total. The normalized spacial score (nSPS) is 25.1. The van der Waals surface area contributed by atoms with Crippen LogP contribution in [-0.2, 0) is 9.59 Å². The molecule has 0 saturated carbocycles. The predicted molar refractivity (Wildman–Crippen MR) is 104 cm³/mol. The van der Waals surface area contributed by atoms with Crippen LogP contribution in [0.1, 0.15) is 50.0 Å². The van der Waals surface area contributed by atoms with Crippen LogP contribution in [0, 0.1) is 5.92 Å². The van der Waals surface area contributed by atoms with Crippen molar-refractivity contribution >= 4 is 11.8 Å². The molecule has 2 amide bonds. The second kappa shape index (κ2) is 7.98. The predicted octanol–water partition coefficient (Wildman–Crippen LogP) is 1.55. The van der Waals surface area contributed by atoms with Crippen molar-refractivity contribution in [2.75, 3.05) is 26.2 Å². The molecule has 0 bridgehead atoms. The maximum Gasteiger partial charge on any atom is 0.228 e. The summed E-state index contributed by atoms with van der Waals surface area (Å²) in [5, 5.41) is 3.27. The van der Waals surface area contributed by atoms with E-state index >= 15 is 0 Å². The van der Waals surface area contributed by atoms with Gasteiger partial charge in [0.1, 0.15) is 0 Å². The van der Waals surface area contributed by atoms with E-state index in [1.807, 2.05) is 35.2 Å². The zero-order valence-electron chi connectivity index (χ0n) is 15.9. The molecule has 27 heavy (non-hydrogen) atoms. The number of likely N-dealkylation sites (tertiary alicyclic amines) is 1. The number of nitrogens with zero attached hydrogens (tertiary/aromatic N) is 1. The highest BCUT2D eigenvalue weighted by molar-refractivity contribution is 5.87. The zero-order chi connectivity index (χ0) is 18.7. The summed E-state index contributed by atoms with van der Waals surface area (Å²) < 4.78 is 0. The Bertz CT molecular complexity index is 664. The topological polar surface area (TPSA) is 73.5 Å². The Morgan fingerprint density at radius 1 is 1.11 bits per heavy atom. The van der Waals surface area contributed by atoms with Crippen LogP contribution >= 0.6 is 0 Å². The lowest BCUT2D eigenvalue weighted by atomic mass is 9.82. The van der Waals surface area contributed by atoms with Crippen LogP contribution in [0.15, 0.2) is 30.3 Å². The van der Waals surface area contributed by atoms with Crippen LogP contribution < -0.4 is 16.2 Å². The minimum absolute atomic E-state index is 0.0536. The van der Waals surface area contributed by atoms with Gasteiger partial charge in [-0.05, 0) is 43.6 Å². The molecule has 3 aliphatic heterocycles. The maximum atomic E-state index is 12.5. The third-order valence-electron chi connectivity index (χ3n) is 6.48. The number of amides is 2. The fraction of sp³-hybridized carbons (Fsp3) is 0.619. The van der Waals surface area contributed by atoms with Crippen LogP contribution in [0.25, 0.3) is 0 Å². The highest BCUT2D eigenvalue weighted by Gasteiger charge is 2.46. The highest BCUT2D eigenvalue weighted by atomic mass is 16.2. The van der Waals surface area contributed by atoms with Crippen LogP contribution in [0.4, 0.5) is 0 Å². The molecule has 0 aromatic heterocycles. The van der Waals surface area contributed by atoms with Gasteiger partial charge in [-0.25, -0.2) is 0 Å². The molecule has 1 unspecified atom stereocenters. The van der Waals surface area contributed by atoms with Crippen molar-refractivity contribution in [1.82, 2.24) is 21.1 Å². The van der Waals surface area contributed by atoms with Gasteiger partial charge in [0.05, 0.1) is 5.92 Å². The van der Waals surface area contributed by atoms with Crippen LogP contribution in [-0.4, -0.2) is 48.4 Å². The van der Waals surface area contributed by atoms with Crippen molar-refractivity contribution in [2.24, 2.45) is 5.92 Å². The standard InChI is InChI=1S/C21H30N4O2/c26-19(8-4-5-16-14-22-23-15-16)25-11-9-21(10-12-25)13-18(20(27)24-21)17-6-2-1-3-7-17/h1-3,6-7,16,18,22-23H,4-5,8-15H2,(H,24,27). The lowest BCUT2D eigenvalue weighted by Gasteiger charge is -2.39. The Morgan fingerprint density at radius 3 is 2.52 bits per heavy atom. The number of nitrogens with one attached hydrogen (secondary N) is 3. The van der Waals surface area contributed by atoms with Gasteiger partial charge in [0.15, 0.2) is 0 Å². The quantitative estimate of drug-likeness (QED) is 0.735. The number of hydrazine groups is 1. The second-order valence-corrected chi connectivity index (χ2v) is 8.34. The summed E-state index contributed by atoms with van der Waals surface area (Å²) >= 11 is 0. The van der Waals surface area contributed by atoms with E-state index in [9.17, 15) is 9.59 Å². The van der Waals surface area contributed by atoms with Gasteiger partial charge in [0, 0.05) is 38.1 Å². The fourth-order valence-corrected chi connectivity index (χ4v) is 4.76. The number of benzene rings is 1. The van der Waals surface area contributed by atoms with E-state index in [2.05, 4.69) is 16.2 Å². The Kier molecular flexibility index (Phi) is 5.45. The first-order valence-corrected chi connectivity index (χ1v) is 10.3. The van der Waals surface area contributed by atoms with Gasteiger partial charge in [-0.1, -0.05) is 30.3 Å².